The second-order valence-electron chi connectivity index (χ2n) is 7.08. The molecule has 2 aromatic rings. The third-order valence-corrected chi connectivity index (χ3v) is 6.97. The molecular formula is C20H21ClF3N3O3S. The quantitative estimate of drug-likeness (QED) is 0.641. The van der Waals surface area contributed by atoms with E-state index in [1.165, 1.54) is 34.6 Å². The summed E-state index contributed by atoms with van der Waals surface area (Å²) < 4.78 is 66.1. The van der Waals surface area contributed by atoms with Gasteiger partial charge in [0, 0.05) is 23.8 Å². The van der Waals surface area contributed by atoms with Crippen LogP contribution >= 0.6 is 11.6 Å². The second-order valence-corrected chi connectivity index (χ2v) is 9.45. The number of hydrogen-bond donors (Lipinski definition) is 2. The summed E-state index contributed by atoms with van der Waals surface area (Å²) in [5, 5.41) is 4.88. The van der Waals surface area contributed by atoms with E-state index >= 15 is 0 Å². The first kappa shape index (κ1) is 23.4. The van der Waals surface area contributed by atoms with E-state index in [0.717, 1.165) is 31.4 Å². The minimum absolute atomic E-state index is 0.0944. The third kappa shape index (κ3) is 5.90. The van der Waals surface area contributed by atoms with Crippen LogP contribution < -0.4 is 10.6 Å². The standard InChI is InChI=1S/C20H21ClF3N3O3S/c21-14-4-9-18(17(12-14)20(22,23)24)26-19(28)13-25-15-5-7-16(8-6-15)31(29,30)27-10-2-1-3-11-27/h4-9,12,25H,1-3,10-11,13H2,(H,26,28). The molecule has 2 aromatic carbocycles. The van der Waals surface area contributed by atoms with Crippen LogP contribution in [-0.4, -0.2) is 38.3 Å². The van der Waals surface area contributed by atoms with E-state index in [4.69, 9.17) is 11.6 Å². The van der Waals surface area contributed by atoms with Crippen molar-refractivity contribution in [2.75, 3.05) is 30.3 Å². The van der Waals surface area contributed by atoms with Gasteiger partial charge in [0.1, 0.15) is 0 Å². The zero-order valence-electron chi connectivity index (χ0n) is 16.4. The van der Waals surface area contributed by atoms with Crippen molar-refractivity contribution in [2.24, 2.45) is 0 Å². The molecule has 0 aliphatic carbocycles. The molecule has 11 heteroatoms. The van der Waals surface area contributed by atoms with Gasteiger partial charge in [0.15, 0.2) is 0 Å². The summed E-state index contributed by atoms with van der Waals surface area (Å²) >= 11 is 5.62. The third-order valence-electron chi connectivity index (χ3n) is 4.82. The molecule has 1 aliphatic rings. The largest absolute Gasteiger partial charge is 0.418 e. The lowest BCUT2D eigenvalue weighted by Crippen LogP contribution is -2.35. The van der Waals surface area contributed by atoms with Crippen LogP contribution in [0.4, 0.5) is 24.5 Å². The van der Waals surface area contributed by atoms with Crippen molar-refractivity contribution >= 4 is 38.9 Å². The Morgan fingerprint density at radius 2 is 1.68 bits per heavy atom. The van der Waals surface area contributed by atoms with Crippen LogP contribution in [0.1, 0.15) is 24.8 Å². The summed E-state index contributed by atoms with van der Waals surface area (Å²) in [7, 11) is -3.56. The lowest BCUT2D eigenvalue weighted by Gasteiger charge is -2.25. The van der Waals surface area contributed by atoms with Gasteiger partial charge in [-0.2, -0.15) is 17.5 Å². The monoisotopic (exact) mass is 475 g/mol. The van der Waals surface area contributed by atoms with Gasteiger partial charge in [0.25, 0.3) is 0 Å². The van der Waals surface area contributed by atoms with Gasteiger partial charge in [-0.1, -0.05) is 18.0 Å². The van der Waals surface area contributed by atoms with Crippen molar-refractivity contribution in [3.05, 3.63) is 53.1 Å². The van der Waals surface area contributed by atoms with E-state index in [2.05, 4.69) is 10.6 Å². The highest BCUT2D eigenvalue weighted by Gasteiger charge is 2.34. The number of benzene rings is 2. The SMILES string of the molecule is O=C(CNc1ccc(S(=O)(=O)N2CCCCC2)cc1)Nc1ccc(Cl)cc1C(F)(F)F. The topological polar surface area (TPSA) is 78.5 Å². The molecule has 1 aliphatic heterocycles. The van der Waals surface area contributed by atoms with Crippen molar-refractivity contribution < 1.29 is 26.4 Å². The molecule has 0 aromatic heterocycles. The molecule has 0 saturated carbocycles. The molecule has 1 fully saturated rings. The Kier molecular flexibility index (Phi) is 7.13. The van der Waals surface area contributed by atoms with Crippen LogP contribution in [0.15, 0.2) is 47.4 Å². The fourth-order valence-corrected chi connectivity index (χ4v) is 4.93. The van der Waals surface area contributed by atoms with Crippen LogP contribution in [0.5, 0.6) is 0 Å². The summed E-state index contributed by atoms with van der Waals surface area (Å²) in [5.74, 6) is -0.696. The molecule has 1 heterocycles. The van der Waals surface area contributed by atoms with Crippen LogP contribution in [-0.2, 0) is 21.0 Å². The minimum Gasteiger partial charge on any atom is -0.376 e. The Morgan fingerprint density at radius 1 is 1.03 bits per heavy atom. The summed E-state index contributed by atoms with van der Waals surface area (Å²) in [5.41, 5.74) is -0.979. The van der Waals surface area contributed by atoms with E-state index < -0.39 is 33.4 Å². The molecule has 2 N–H and O–H groups in total. The van der Waals surface area contributed by atoms with Crippen LogP contribution in [0.2, 0.25) is 5.02 Å². The molecule has 0 atom stereocenters. The minimum atomic E-state index is -4.67. The number of anilines is 2. The van der Waals surface area contributed by atoms with Gasteiger partial charge in [0.2, 0.25) is 15.9 Å². The Labute approximate surface area is 183 Å². The van der Waals surface area contributed by atoms with E-state index in [1.807, 2.05) is 0 Å². The van der Waals surface area contributed by atoms with Crippen molar-refractivity contribution in [2.45, 2.75) is 30.3 Å². The molecule has 0 spiro atoms. The number of hydrogen-bond acceptors (Lipinski definition) is 4. The smallest absolute Gasteiger partial charge is 0.376 e. The number of amides is 1. The van der Waals surface area contributed by atoms with E-state index in [0.29, 0.717) is 18.8 Å². The maximum absolute atomic E-state index is 13.1. The highest BCUT2D eigenvalue weighted by atomic mass is 35.5. The van der Waals surface area contributed by atoms with Crippen molar-refractivity contribution in [1.82, 2.24) is 4.31 Å². The molecule has 1 amide bonds. The molecular weight excluding hydrogens is 455 g/mol. The van der Waals surface area contributed by atoms with Crippen LogP contribution in [0.3, 0.4) is 0 Å². The van der Waals surface area contributed by atoms with E-state index in [9.17, 15) is 26.4 Å². The average Bonchev–Trinajstić information content (AvgIpc) is 2.74. The fraction of sp³-hybridized carbons (Fsp3) is 0.350. The lowest BCUT2D eigenvalue weighted by atomic mass is 10.1. The lowest BCUT2D eigenvalue weighted by molar-refractivity contribution is -0.137. The summed E-state index contributed by atoms with van der Waals surface area (Å²) in [6, 6.07) is 8.97. The summed E-state index contributed by atoms with van der Waals surface area (Å²) in [6.45, 7) is 0.679. The normalized spacial score (nSPS) is 15.5. The van der Waals surface area contributed by atoms with Crippen molar-refractivity contribution in [3.63, 3.8) is 0 Å². The highest BCUT2D eigenvalue weighted by molar-refractivity contribution is 7.89. The number of sulfonamides is 1. The predicted molar refractivity (Wildman–Crippen MR) is 113 cm³/mol. The number of nitrogens with one attached hydrogen (secondary N) is 2. The number of carbonyl (C=O) groups excluding carboxylic acids is 1. The Morgan fingerprint density at radius 3 is 2.29 bits per heavy atom. The summed E-state index contributed by atoms with van der Waals surface area (Å²) in [6.07, 6.45) is -2.00. The molecule has 6 nitrogen and oxygen atoms in total. The zero-order valence-corrected chi connectivity index (χ0v) is 17.9. The maximum atomic E-state index is 13.1. The molecule has 168 valence electrons. The van der Waals surface area contributed by atoms with E-state index in [-0.39, 0.29) is 16.5 Å². The van der Waals surface area contributed by atoms with Gasteiger partial charge < -0.3 is 10.6 Å². The average molecular weight is 476 g/mol. The number of nitrogens with zero attached hydrogens (tertiary/aromatic N) is 1. The first-order chi connectivity index (χ1) is 14.6. The molecule has 1 saturated heterocycles. The van der Waals surface area contributed by atoms with Gasteiger partial charge in [-0.15, -0.1) is 0 Å². The second kappa shape index (κ2) is 9.46. The number of halogens is 4. The molecule has 0 unspecified atom stereocenters. The number of carbonyl (C=O) groups is 1. The fourth-order valence-electron chi connectivity index (χ4n) is 3.24. The van der Waals surface area contributed by atoms with Gasteiger partial charge in [-0.3, -0.25) is 4.79 Å². The van der Waals surface area contributed by atoms with Gasteiger partial charge >= 0.3 is 6.18 Å². The molecule has 31 heavy (non-hydrogen) atoms. The first-order valence-corrected chi connectivity index (χ1v) is 11.4. The Hall–Kier alpha value is -2.30. The van der Waals surface area contributed by atoms with Gasteiger partial charge in [-0.05, 0) is 55.3 Å². The Bertz CT molecular complexity index is 1040. The van der Waals surface area contributed by atoms with Crippen LogP contribution in [0, 0.1) is 0 Å². The molecule has 3 rings (SSSR count). The number of piperidine rings is 1. The van der Waals surface area contributed by atoms with Crippen molar-refractivity contribution in [1.29, 1.82) is 0 Å². The van der Waals surface area contributed by atoms with Gasteiger partial charge in [0.05, 0.1) is 22.7 Å². The van der Waals surface area contributed by atoms with Gasteiger partial charge in [-0.25, -0.2) is 8.42 Å². The van der Waals surface area contributed by atoms with Crippen molar-refractivity contribution in [3.8, 4) is 0 Å². The molecule has 0 bridgehead atoms. The maximum Gasteiger partial charge on any atom is 0.418 e. The molecule has 0 radical (unpaired) electrons. The summed E-state index contributed by atoms with van der Waals surface area (Å²) in [4.78, 5) is 12.3. The number of rotatable bonds is 6. The Balaban J connectivity index is 1.61. The number of alkyl halides is 3. The van der Waals surface area contributed by atoms with E-state index in [1.54, 1.807) is 0 Å². The zero-order chi connectivity index (χ0) is 22.6. The predicted octanol–water partition coefficient (Wildman–Crippen LogP) is 4.58. The van der Waals surface area contributed by atoms with Crippen LogP contribution in [0.25, 0.3) is 0 Å². The highest BCUT2D eigenvalue weighted by Crippen LogP contribution is 2.36. The first-order valence-electron chi connectivity index (χ1n) is 9.58.